The average molecular weight is 510 g/mol. The maximum atomic E-state index is 13.0. The van der Waals surface area contributed by atoms with E-state index in [0.29, 0.717) is 68.3 Å². The summed E-state index contributed by atoms with van der Waals surface area (Å²) in [4.78, 5) is 47.8. The third-order valence-corrected chi connectivity index (χ3v) is 6.46. The van der Waals surface area contributed by atoms with Crippen molar-refractivity contribution < 1.29 is 9.53 Å². The molecule has 11 nitrogen and oxygen atoms in total. The number of carbonyl (C=O) groups excluding carboxylic acids is 1. The van der Waals surface area contributed by atoms with Gasteiger partial charge >= 0.3 is 11.7 Å². The lowest BCUT2D eigenvalue weighted by molar-refractivity contribution is -0.149. The highest BCUT2D eigenvalue weighted by Crippen LogP contribution is 2.19. The first-order valence-corrected chi connectivity index (χ1v) is 13.1. The van der Waals surface area contributed by atoms with Gasteiger partial charge < -0.3 is 9.72 Å². The van der Waals surface area contributed by atoms with Crippen molar-refractivity contribution in [2.75, 3.05) is 26.2 Å². The molecule has 198 valence electrons. The second kappa shape index (κ2) is 12.1. The van der Waals surface area contributed by atoms with Crippen LogP contribution in [0.2, 0.25) is 0 Å². The molecular formula is C26H35N7O4. The highest BCUT2D eigenvalue weighted by atomic mass is 16.5. The Hall–Kier alpha value is -3.65. The second-order valence-corrected chi connectivity index (χ2v) is 9.28. The number of aromatic amines is 1. The zero-order chi connectivity index (χ0) is 26.4. The van der Waals surface area contributed by atoms with Gasteiger partial charge in [0.1, 0.15) is 17.9 Å². The number of carbonyl (C=O) groups is 1. The van der Waals surface area contributed by atoms with Gasteiger partial charge in [0.25, 0.3) is 5.56 Å². The maximum Gasteiger partial charge on any atom is 0.332 e. The van der Waals surface area contributed by atoms with E-state index in [-0.39, 0.29) is 23.1 Å². The summed E-state index contributed by atoms with van der Waals surface area (Å²) in [5.74, 6) is 6.61. The minimum absolute atomic E-state index is 0.0761. The van der Waals surface area contributed by atoms with Gasteiger partial charge in [0.2, 0.25) is 0 Å². The highest BCUT2D eigenvalue weighted by molar-refractivity contribution is 5.75. The van der Waals surface area contributed by atoms with Gasteiger partial charge in [-0.25, -0.2) is 9.78 Å². The first-order valence-electron chi connectivity index (χ1n) is 13.1. The smallest absolute Gasteiger partial charge is 0.332 e. The molecule has 1 fully saturated rings. The molecule has 37 heavy (non-hydrogen) atoms. The van der Waals surface area contributed by atoms with Crippen LogP contribution in [0.5, 0.6) is 0 Å². The van der Waals surface area contributed by atoms with Crippen molar-refractivity contribution in [3.8, 4) is 23.2 Å². The molecule has 1 unspecified atom stereocenters. The lowest BCUT2D eigenvalue weighted by Gasteiger charge is -2.29. The molecule has 0 bridgehead atoms. The number of hydrogen-bond acceptors (Lipinski definition) is 7. The Balaban J connectivity index is 1.46. The van der Waals surface area contributed by atoms with E-state index in [2.05, 4.69) is 31.8 Å². The van der Waals surface area contributed by atoms with Gasteiger partial charge in [0.05, 0.1) is 30.8 Å². The van der Waals surface area contributed by atoms with E-state index in [0.717, 1.165) is 25.8 Å². The van der Waals surface area contributed by atoms with Crippen LogP contribution in [0.1, 0.15) is 46.5 Å². The number of aromatic nitrogens is 6. The SMILES string of the molecule is CCCn1c(=O)c2[nH]c(-c3cnn(CC#CCN4CCCC(C(=O)OCC)C4)c3)nc2n(CCC)c1=O. The van der Waals surface area contributed by atoms with E-state index in [1.807, 2.05) is 27.0 Å². The van der Waals surface area contributed by atoms with Crippen LogP contribution in [-0.2, 0) is 29.2 Å². The van der Waals surface area contributed by atoms with Crippen LogP contribution in [0.4, 0.5) is 0 Å². The molecule has 0 saturated carbocycles. The van der Waals surface area contributed by atoms with Crippen LogP contribution in [0.15, 0.2) is 22.0 Å². The zero-order valence-electron chi connectivity index (χ0n) is 21.8. The number of fused-ring (bicyclic) bond motifs is 1. The summed E-state index contributed by atoms with van der Waals surface area (Å²) in [7, 11) is 0. The predicted molar refractivity (Wildman–Crippen MR) is 140 cm³/mol. The first-order chi connectivity index (χ1) is 18.0. The topological polar surface area (TPSA) is 120 Å². The van der Waals surface area contributed by atoms with E-state index in [9.17, 15) is 14.4 Å². The Morgan fingerprint density at radius 2 is 1.89 bits per heavy atom. The van der Waals surface area contributed by atoms with Crippen molar-refractivity contribution in [3.05, 3.63) is 33.2 Å². The Kier molecular flexibility index (Phi) is 8.61. The number of hydrogen-bond donors (Lipinski definition) is 1. The van der Waals surface area contributed by atoms with E-state index >= 15 is 0 Å². The van der Waals surface area contributed by atoms with Crippen LogP contribution in [0, 0.1) is 17.8 Å². The Bertz CT molecular complexity index is 1420. The summed E-state index contributed by atoms with van der Waals surface area (Å²) >= 11 is 0. The van der Waals surface area contributed by atoms with E-state index in [1.54, 1.807) is 15.4 Å². The van der Waals surface area contributed by atoms with Crippen molar-refractivity contribution in [3.63, 3.8) is 0 Å². The monoisotopic (exact) mass is 509 g/mol. The number of rotatable bonds is 9. The minimum atomic E-state index is -0.353. The van der Waals surface area contributed by atoms with Gasteiger partial charge in [0.15, 0.2) is 5.65 Å². The number of likely N-dealkylation sites (tertiary alicyclic amines) is 1. The number of H-pyrrole nitrogens is 1. The summed E-state index contributed by atoms with van der Waals surface area (Å²) in [5.41, 5.74) is 0.728. The Morgan fingerprint density at radius 3 is 2.65 bits per heavy atom. The van der Waals surface area contributed by atoms with Gasteiger partial charge in [-0.1, -0.05) is 25.7 Å². The van der Waals surface area contributed by atoms with Gasteiger partial charge in [-0.05, 0) is 39.2 Å². The number of imidazole rings is 1. The number of nitrogens with one attached hydrogen (secondary N) is 1. The first kappa shape index (κ1) is 26.4. The van der Waals surface area contributed by atoms with Crippen LogP contribution >= 0.6 is 0 Å². The molecule has 4 heterocycles. The molecule has 3 aromatic heterocycles. The number of esters is 1. The molecule has 1 saturated heterocycles. The van der Waals surface area contributed by atoms with Crippen LogP contribution in [-0.4, -0.2) is 66.0 Å². The van der Waals surface area contributed by atoms with Crippen LogP contribution < -0.4 is 11.2 Å². The normalized spacial score (nSPS) is 16.0. The molecule has 11 heteroatoms. The van der Waals surface area contributed by atoms with E-state index in [4.69, 9.17) is 4.74 Å². The van der Waals surface area contributed by atoms with Gasteiger partial charge in [-0.3, -0.25) is 28.3 Å². The fraction of sp³-hybridized carbons (Fsp3) is 0.577. The number of ether oxygens (including phenoxy) is 1. The largest absolute Gasteiger partial charge is 0.466 e. The van der Waals surface area contributed by atoms with Crippen LogP contribution in [0.25, 0.3) is 22.6 Å². The Morgan fingerprint density at radius 1 is 1.14 bits per heavy atom. The summed E-state index contributed by atoms with van der Waals surface area (Å²) in [6.45, 7) is 9.59. The molecular weight excluding hydrogens is 474 g/mol. The number of piperidine rings is 1. The highest BCUT2D eigenvalue weighted by Gasteiger charge is 2.26. The minimum Gasteiger partial charge on any atom is -0.466 e. The summed E-state index contributed by atoms with van der Waals surface area (Å²) < 4.78 is 9.71. The van der Waals surface area contributed by atoms with Crippen LogP contribution in [0.3, 0.4) is 0 Å². The third kappa shape index (κ3) is 5.85. The quantitative estimate of drug-likeness (QED) is 0.345. The number of aryl methyl sites for hydroxylation is 1. The molecule has 0 amide bonds. The average Bonchev–Trinajstić information content (AvgIpc) is 3.55. The molecule has 3 aromatic rings. The number of nitrogens with zero attached hydrogens (tertiary/aromatic N) is 6. The maximum absolute atomic E-state index is 13.0. The van der Waals surface area contributed by atoms with Crippen molar-refractivity contribution in [1.82, 2.24) is 33.8 Å². The lowest BCUT2D eigenvalue weighted by Crippen LogP contribution is -2.40. The van der Waals surface area contributed by atoms with Crippen molar-refractivity contribution in [2.24, 2.45) is 5.92 Å². The molecule has 4 rings (SSSR count). The standard InChI is InChI=1S/C26H35N7O4/c1-4-11-32-23-21(24(34)33(12-5-2)26(32)36)28-22(29-23)20-16-27-31(18-20)15-8-7-13-30-14-9-10-19(17-30)25(35)37-6-3/h16,18-19H,4-6,9-15,17H2,1-3H3,(H,28,29). The zero-order valence-corrected chi connectivity index (χ0v) is 21.8. The van der Waals surface area contributed by atoms with E-state index < -0.39 is 0 Å². The fourth-order valence-electron chi connectivity index (χ4n) is 4.68. The molecule has 1 aliphatic rings. The third-order valence-electron chi connectivity index (χ3n) is 6.46. The lowest BCUT2D eigenvalue weighted by atomic mass is 9.98. The molecule has 1 N–H and O–H groups in total. The van der Waals surface area contributed by atoms with Crippen molar-refractivity contribution in [1.29, 1.82) is 0 Å². The molecule has 1 atom stereocenters. The molecule has 0 aliphatic carbocycles. The summed E-state index contributed by atoms with van der Waals surface area (Å²) in [6.07, 6.45) is 6.74. The van der Waals surface area contributed by atoms with Gasteiger partial charge in [0, 0.05) is 25.8 Å². The molecule has 1 aliphatic heterocycles. The van der Waals surface area contributed by atoms with Gasteiger partial charge in [-0.2, -0.15) is 5.10 Å². The molecule has 0 radical (unpaired) electrons. The second-order valence-electron chi connectivity index (χ2n) is 9.28. The van der Waals surface area contributed by atoms with Crippen molar-refractivity contribution in [2.45, 2.75) is 66.1 Å². The summed E-state index contributed by atoms with van der Waals surface area (Å²) in [5, 5.41) is 4.38. The fourth-order valence-corrected chi connectivity index (χ4v) is 4.68. The molecule has 0 aromatic carbocycles. The van der Waals surface area contributed by atoms with Gasteiger partial charge in [-0.15, -0.1) is 0 Å². The predicted octanol–water partition coefficient (Wildman–Crippen LogP) is 1.85. The summed E-state index contributed by atoms with van der Waals surface area (Å²) in [6, 6.07) is 0. The van der Waals surface area contributed by atoms with Crippen molar-refractivity contribution >= 4 is 17.1 Å². The Labute approximate surface area is 215 Å². The van der Waals surface area contributed by atoms with E-state index in [1.165, 1.54) is 4.57 Å². The molecule has 0 spiro atoms.